The van der Waals surface area contributed by atoms with Gasteiger partial charge in [-0.15, -0.1) is 0 Å². The first-order chi connectivity index (χ1) is 9.36. The van der Waals surface area contributed by atoms with Crippen molar-refractivity contribution >= 4 is 10.0 Å². The third kappa shape index (κ3) is 3.35. The second-order valence-electron chi connectivity index (χ2n) is 5.14. The van der Waals surface area contributed by atoms with Gasteiger partial charge in [0.05, 0.1) is 17.1 Å². The molecule has 1 fully saturated rings. The highest BCUT2D eigenvalue weighted by Crippen LogP contribution is 2.24. The number of aliphatic hydroxyl groups is 1. The molecule has 112 valence electrons. The number of aliphatic hydroxyl groups excluding tert-OH is 1. The van der Waals surface area contributed by atoms with Crippen LogP contribution in [-0.4, -0.2) is 32.3 Å². The Balaban J connectivity index is 2.14. The quantitative estimate of drug-likeness (QED) is 0.856. The molecule has 2 N–H and O–H groups in total. The molecule has 1 unspecified atom stereocenters. The lowest BCUT2D eigenvalue weighted by atomic mass is 10.0. The van der Waals surface area contributed by atoms with Crippen molar-refractivity contribution < 1.29 is 22.7 Å². The Morgan fingerprint density at radius 1 is 1.50 bits per heavy atom. The van der Waals surface area contributed by atoms with Crippen LogP contribution in [0, 0.1) is 5.82 Å². The molecular weight excluding hydrogens is 285 g/mol. The van der Waals surface area contributed by atoms with Crippen LogP contribution >= 0.6 is 0 Å². The fourth-order valence-electron chi connectivity index (χ4n) is 2.15. The highest BCUT2D eigenvalue weighted by molar-refractivity contribution is 7.89. The van der Waals surface area contributed by atoms with Crippen LogP contribution in [-0.2, 0) is 21.4 Å². The van der Waals surface area contributed by atoms with E-state index >= 15 is 0 Å². The number of benzene rings is 1. The molecule has 1 atom stereocenters. The van der Waals surface area contributed by atoms with Gasteiger partial charge in [0, 0.05) is 18.7 Å². The van der Waals surface area contributed by atoms with Gasteiger partial charge in [0.15, 0.2) is 0 Å². The number of nitrogens with one attached hydrogen (secondary N) is 1. The Labute approximate surface area is 117 Å². The van der Waals surface area contributed by atoms with Crippen LogP contribution in [0.15, 0.2) is 23.1 Å². The number of halogens is 1. The lowest BCUT2D eigenvalue weighted by Crippen LogP contribution is -2.40. The van der Waals surface area contributed by atoms with E-state index in [0.29, 0.717) is 6.61 Å². The fraction of sp³-hybridized carbons (Fsp3) is 0.538. The summed E-state index contributed by atoms with van der Waals surface area (Å²) in [6, 6.07) is 3.35. The maximum absolute atomic E-state index is 13.3. The third-order valence-corrected chi connectivity index (χ3v) is 4.83. The molecule has 0 aliphatic carbocycles. The Hall–Kier alpha value is -1.02. The smallest absolute Gasteiger partial charge is 0.240 e. The highest BCUT2D eigenvalue weighted by atomic mass is 32.2. The van der Waals surface area contributed by atoms with Gasteiger partial charge >= 0.3 is 0 Å². The summed E-state index contributed by atoms with van der Waals surface area (Å²) < 4.78 is 45.5. The van der Waals surface area contributed by atoms with Crippen molar-refractivity contribution in [1.29, 1.82) is 0 Å². The number of sulfonamides is 1. The molecule has 1 aliphatic heterocycles. The molecule has 20 heavy (non-hydrogen) atoms. The standard InChI is InChI=1S/C13H18FNO4S/c1-13(5-2-6-19-13)9-15-20(17,18)11-3-4-12(14)10(7-11)8-16/h3-4,7,15-16H,2,5-6,8-9H2,1H3. The van der Waals surface area contributed by atoms with Crippen LogP contribution in [0.2, 0.25) is 0 Å². The molecule has 1 aromatic carbocycles. The lowest BCUT2D eigenvalue weighted by molar-refractivity contribution is 0.0250. The van der Waals surface area contributed by atoms with Gasteiger partial charge in [0.25, 0.3) is 0 Å². The van der Waals surface area contributed by atoms with Crippen molar-refractivity contribution in [2.75, 3.05) is 13.2 Å². The second kappa shape index (κ2) is 5.77. The number of ether oxygens (including phenoxy) is 1. The van der Waals surface area contributed by atoms with Crippen LogP contribution in [0.1, 0.15) is 25.3 Å². The average Bonchev–Trinajstić information content (AvgIpc) is 2.85. The van der Waals surface area contributed by atoms with Gasteiger partial charge in [0.1, 0.15) is 5.82 Å². The molecular formula is C13H18FNO4S. The molecule has 1 aromatic rings. The monoisotopic (exact) mass is 303 g/mol. The molecule has 0 radical (unpaired) electrons. The van der Waals surface area contributed by atoms with E-state index in [0.717, 1.165) is 25.0 Å². The largest absolute Gasteiger partial charge is 0.392 e. The minimum absolute atomic E-state index is 0.0452. The molecule has 0 bridgehead atoms. The maximum Gasteiger partial charge on any atom is 0.240 e. The van der Waals surface area contributed by atoms with Crippen molar-refractivity contribution in [3.8, 4) is 0 Å². The maximum atomic E-state index is 13.3. The van der Waals surface area contributed by atoms with E-state index in [4.69, 9.17) is 9.84 Å². The predicted molar refractivity (Wildman–Crippen MR) is 71.1 cm³/mol. The van der Waals surface area contributed by atoms with Crippen molar-refractivity contribution in [3.63, 3.8) is 0 Å². The Kier molecular flexibility index (Phi) is 4.43. The van der Waals surface area contributed by atoms with E-state index in [1.54, 1.807) is 0 Å². The molecule has 5 nitrogen and oxygen atoms in total. The van der Waals surface area contributed by atoms with E-state index in [9.17, 15) is 12.8 Å². The number of rotatable bonds is 5. The van der Waals surface area contributed by atoms with E-state index in [2.05, 4.69) is 4.72 Å². The Morgan fingerprint density at radius 3 is 2.85 bits per heavy atom. The van der Waals surface area contributed by atoms with Crippen molar-refractivity contribution in [2.45, 2.75) is 36.9 Å². The molecule has 0 spiro atoms. The molecule has 1 saturated heterocycles. The molecule has 0 saturated carbocycles. The topological polar surface area (TPSA) is 75.6 Å². The van der Waals surface area contributed by atoms with E-state index in [-0.39, 0.29) is 17.0 Å². The van der Waals surface area contributed by atoms with E-state index in [1.165, 1.54) is 6.07 Å². The van der Waals surface area contributed by atoms with Gasteiger partial charge < -0.3 is 9.84 Å². The summed E-state index contributed by atoms with van der Waals surface area (Å²) in [4.78, 5) is -0.0652. The van der Waals surface area contributed by atoms with Crippen molar-refractivity contribution in [3.05, 3.63) is 29.6 Å². The summed E-state index contributed by atoms with van der Waals surface area (Å²) in [7, 11) is -3.74. The lowest BCUT2D eigenvalue weighted by Gasteiger charge is -2.23. The number of hydrogen-bond donors (Lipinski definition) is 2. The van der Waals surface area contributed by atoms with Crippen LogP contribution in [0.3, 0.4) is 0 Å². The molecule has 1 heterocycles. The first-order valence-electron chi connectivity index (χ1n) is 6.39. The summed E-state index contributed by atoms with van der Waals surface area (Å²) in [6.07, 6.45) is 1.70. The summed E-state index contributed by atoms with van der Waals surface area (Å²) in [6.45, 7) is 2.10. The third-order valence-electron chi connectivity index (χ3n) is 3.43. The normalized spacial score (nSPS) is 23.1. The zero-order valence-corrected chi connectivity index (χ0v) is 12.0. The average molecular weight is 303 g/mol. The minimum atomic E-state index is -3.74. The van der Waals surface area contributed by atoms with Gasteiger partial charge in [-0.1, -0.05) is 0 Å². The minimum Gasteiger partial charge on any atom is -0.392 e. The number of hydrogen-bond acceptors (Lipinski definition) is 4. The van der Waals surface area contributed by atoms with Crippen LogP contribution in [0.5, 0.6) is 0 Å². The first kappa shape index (κ1) is 15.4. The predicted octanol–water partition coefficient (Wildman–Crippen LogP) is 1.17. The Morgan fingerprint density at radius 2 is 2.25 bits per heavy atom. The van der Waals surface area contributed by atoms with E-state index in [1.807, 2.05) is 6.92 Å². The van der Waals surface area contributed by atoms with Crippen molar-refractivity contribution in [2.24, 2.45) is 0 Å². The van der Waals surface area contributed by atoms with E-state index < -0.39 is 28.0 Å². The fourth-order valence-corrected chi connectivity index (χ4v) is 3.35. The van der Waals surface area contributed by atoms with Gasteiger partial charge in [-0.05, 0) is 38.0 Å². The highest BCUT2D eigenvalue weighted by Gasteiger charge is 2.31. The molecule has 0 aromatic heterocycles. The van der Waals surface area contributed by atoms with Gasteiger partial charge in [-0.2, -0.15) is 0 Å². The van der Waals surface area contributed by atoms with Gasteiger partial charge in [0.2, 0.25) is 10.0 Å². The van der Waals surface area contributed by atoms with Crippen LogP contribution < -0.4 is 4.72 Å². The molecule has 1 aliphatic rings. The summed E-state index contributed by atoms with van der Waals surface area (Å²) in [5.74, 6) is -0.627. The van der Waals surface area contributed by atoms with Gasteiger partial charge in [-0.3, -0.25) is 0 Å². The molecule has 2 rings (SSSR count). The SMILES string of the molecule is CC1(CNS(=O)(=O)c2ccc(F)c(CO)c2)CCCO1. The molecule has 0 amide bonds. The zero-order valence-electron chi connectivity index (χ0n) is 11.2. The summed E-state index contributed by atoms with van der Waals surface area (Å²) in [5, 5.41) is 8.98. The first-order valence-corrected chi connectivity index (χ1v) is 7.88. The van der Waals surface area contributed by atoms with Crippen molar-refractivity contribution in [1.82, 2.24) is 4.72 Å². The summed E-state index contributed by atoms with van der Waals surface area (Å²) in [5.41, 5.74) is -0.538. The summed E-state index contributed by atoms with van der Waals surface area (Å²) >= 11 is 0. The Bertz CT molecular complexity index is 582. The zero-order chi connectivity index (χ0) is 14.8. The van der Waals surface area contributed by atoms with Crippen LogP contribution in [0.25, 0.3) is 0 Å². The van der Waals surface area contributed by atoms with Crippen LogP contribution in [0.4, 0.5) is 4.39 Å². The molecule has 7 heteroatoms. The van der Waals surface area contributed by atoms with Gasteiger partial charge in [-0.25, -0.2) is 17.5 Å². The second-order valence-corrected chi connectivity index (χ2v) is 6.90.